The van der Waals surface area contributed by atoms with Gasteiger partial charge in [-0.1, -0.05) is 29.8 Å². The van der Waals surface area contributed by atoms with Crippen LogP contribution in [0.2, 0.25) is 5.02 Å². The Balaban J connectivity index is 2.05. The highest BCUT2D eigenvalue weighted by molar-refractivity contribution is 6.30. The lowest BCUT2D eigenvalue weighted by Gasteiger charge is -2.07. The van der Waals surface area contributed by atoms with Crippen molar-refractivity contribution in [2.75, 3.05) is 0 Å². The van der Waals surface area contributed by atoms with Crippen molar-refractivity contribution in [2.45, 2.75) is 6.61 Å². The van der Waals surface area contributed by atoms with E-state index < -0.39 is 5.82 Å². The molecule has 0 radical (unpaired) electrons. The molecule has 0 aliphatic rings. The molecule has 0 unspecified atom stereocenters. The third-order valence-corrected chi connectivity index (χ3v) is 2.76. The van der Waals surface area contributed by atoms with Gasteiger partial charge >= 0.3 is 0 Å². The van der Waals surface area contributed by atoms with Gasteiger partial charge in [0.15, 0.2) is 0 Å². The maximum atomic E-state index is 13.0. The van der Waals surface area contributed by atoms with Crippen molar-refractivity contribution in [3.63, 3.8) is 0 Å². The van der Waals surface area contributed by atoms with E-state index in [0.29, 0.717) is 12.4 Å². The fourth-order valence-corrected chi connectivity index (χ4v) is 1.77. The molecule has 3 nitrogen and oxygen atoms in total. The van der Waals surface area contributed by atoms with Crippen LogP contribution < -0.4 is 10.6 Å². The molecule has 0 fully saturated rings. The van der Waals surface area contributed by atoms with E-state index in [1.165, 1.54) is 12.3 Å². The Labute approximate surface area is 115 Å². The van der Waals surface area contributed by atoms with Crippen LogP contribution in [0.3, 0.4) is 0 Å². The Morgan fingerprint density at radius 2 is 2.11 bits per heavy atom. The van der Waals surface area contributed by atoms with Gasteiger partial charge in [0, 0.05) is 0 Å². The maximum absolute atomic E-state index is 13.0. The second-order valence-electron chi connectivity index (χ2n) is 3.89. The average molecular weight is 279 g/mol. The molecule has 2 N–H and O–H groups in total. The molecule has 2 aromatic carbocycles. The van der Waals surface area contributed by atoms with Gasteiger partial charge in [0.25, 0.3) is 0 Å². The zero-order valence-corrected chi connectivity index (χ0v) is 10.8. The van der Waals surface area contributed by atoms with Gasteiger partial charge in [-0.25, -0.2) is 4.39 Å². The first kappa shape index (κ1) is 13.4. The number of rotatable bonds is 4. The summed E-state index contributed by atoms with van der Waals surface area (Å²) in [4.78, 5) is 0. The molecular formula is C14H12ClFN2O. The number of hydrogen-bond donors (Lipinski definition) is 1. The number of halogens is 2. The minimum absolute atomic E-state index is 0.0881. The predicted molar refractivity (Wildman–Crippen MR) is 74.0 cm³/mol. The van der Waals surface area contributed by atoms with Gasteiger partial charge in [-0.05, 0) is 35.4 Å². The fraction of sp³-hybridized carbons (Fsp3) is 0.0714. The normalized spacial score (nSPS) is 10.8. The van der Waals surface area contributed by atoms with Crippen LogP contribution >= 0.6 is 11.6 Å². The second kappa shape index (κ2) is 6.20. The molecule has 0 saturated heterocycles. The van der Waals surface area contributed by atoms with Crippen molar-refractivity contribution < 1.29 is 9.13 Å². The summed E-state index contributed by atoms with van der Waals surface area (Å²) >= 11 is 5.70. The van der Waals surface area contributed by atoms with E-state index in [4.69, 9.17) is 22.2 Å². The van der Waals surface area contributed by atoms with Crippen molar-refractivity contribution in [1.82, 2.24) is 0 Å². The summed E-state index contributed by atoms with van der Waals surface area (Å²) in [5, 5.41) is 3.54. The topological polar surface area (TPSA) is 47.6 Å². The molecule has 0 aliphatic heterocycles. The molecular weight excluding hydrogens is 267 g/mol. The second-order valence-corrected chi connectivity index (χ2v) is 4.29. The van der Waals surface area contributed by atoms with Crippen LogP contribution in [-0.4, -0.2) is 6.21 Å². The fourth-order valence-electron chi connectivity index (χ4n) is 1.57. The predicted octanol–water partition coefficient (Wildman–Crippen LogP) is 3.35. The van der Waals surface area contributed by atoms with Crippen LogP contribution in [0.15, 0.2) is 47.6 Å². The number of nitrogens with two attached hydrogens (primary N) is 1. The van der Waals surface area contributed by atoms with Gasteiger partial charge in [-0.3, -0.25) is 0 Å². The van der Waals surface area contributed by atoms with Gasteiger partial charge in [0.05, 0.1) is 11.2 Å². The van der Waals surface area contributed by atoms with Crippen molar-refractivity contribution in [1.29, 1.82) is 0 Å². The molecule has 0 heterocycles. The number of benzene rings is 2. The molecule has 0 aliphatic carbocycles. The summed E-state index contributed by atoms with van der Waals surface area (Å²) < 4.78 is 18.6. The summed E-state index contributed by atoms with van der Waals surface area (Å²) in [5.74, 6) is 5.33. The molecule has 0 bridgehead atoms. The minimum Gasteiger partial charge on any atom is -0.489 e. The lowest BCUT2D eigenvalue weighted by molar-refractivity contribution is 0.306. The first-order valence-corrected chi connectivity index (χ1v) is 5.97. The average Bonchev–Trinajstić information content (AvgIpc) is 2.41. The molecule has 19 heavy (non-hydrogen) atoms. The van der Waals surface area contributed by atoms with Gasteiger partial charge in [0.2, 0.25) is 0 Å². The van der Waals surface area contributed by atoms with E-state index in [2.05, 4.69) is 5.10 Å². The van der Waals surface area contributed by atoms with E-state index in [-0.39, 0.29) is 5.02 Å². The molecule has 2 rings (SSSR count). The van der Waals surface area contributed by atoms with Gasteiger partial charge < -0.3 is 10.6 Å². The van der Waals surface area contributed by atoms with E-state index in [0.717, 1.165) is 11.1 Å². The number of ether oxygens (including phenoxy) is 1. The highest BCUT2D eigenvalue weighted by atomic mass is 35.5. The summed E-state index contributed by atoms with van der Waals surface area (Å²) in [5.41, 5.74) is 1.64. The molecule has 5 heteroatoms. The smallest absolute Gasteiger partial charge is 0.141 e. The summed E-state index contributed by atoms with van der Waals surface area (Å²) in [7, 11) is 0. The highest BCUT2D eigenvalue weighted by Gasteiger charge is 2.02. The van der Waals surface area contributed by atoms with E-state index >= 15 is 0 Å². The third-order valence-electron chi connectivity index (χ3n) is 2.47. The van der Waals surface area contributed by atoms with Crippen LogP contribution in [-0.2, 0) is 6.61 Å². The number of hydrazone groups is 1. The van der Waals surface area contributed by atoms with E-state index in [1.54, 1.807) is 12.1 Å². The quantitative estimate of drug-likeness (QED) is 0.530. The Bertz CT molecular complexity index is 602. The third kappa shape index (κ3) is 3.69. The molecule has 0 amide bonds. The highest BCUT2D eigenvalue weighted by Crippen LogP contribution is 2.18. The minimum atomic E-state index is -0.438. The van der Waals surface area contributed by atoms with Crippen LogP contribution in [0.25, 0.3) is 0 Å². The molecule has 98 valence electrons. The Hall–Kier alpha value is -2.07. The van der Waals surface area contributed by atoms with Crippen molar-refractivity contribution in [3.8, 4) is 5.75 Å². The van der Waals surface area contributed by atoms with Gasteiger partial charge in [-0.15, -0.1) is 0 Å². The van der Waals surface area contributed by atoms with Crippen molar-refractivity contribution >= 4 is 17.8 Å². The lowest BCUT2D eigenvalue weighted by Crippen LogP contribution is -1.96. The Kier molecular flexibility index (Phi) is 4.36. The Morgan fingerprint density at radius 1 is 1.26 bits per heavy atom. The largest absolute Gasteiger partial charge is 0.489 e. The van der Waals surface area contributed by atoms with Gasteiger partial charge in [0.1, 0.15) is 18.2 Å². The lowest BCUT2D eigenvalue weighted by atomic mass is 10.2. The van der Waals surface area contributed by atoms with Crippen molar-refractivity contribution in [2.24, 2.45) is 10.9 Å². The molecule has 0 aromatic heterocycles. The number of hydrogen-bond acceptors (Lipinski definition) is 3. The summed E-state index contributed by atoms with van der Waals surface area (Å²) in [6.45, 7) is 0.309. The van der Waals surface area contributed by atoms with Crippen molar-refractivity contribution in [3.05, 3.63) is 64.4 Å². The summed E-state index contributed by atoms with van der Waals surface area (Å²) in [6.07, 6.45) is 1.53. The first-order valence-electron chi connectivity index (χ1n) is 5.59. The first-order chi connectivity index (χ1) is 9.19. The van der Waals surface area contributed by atoms with E-state index in [9.17, 15) is 4.39 Å². The molecule has 0 atom stereocenters. The van der Waals surface area contributed by atoms with E-state index in [1.807, 2.05) is 24.3 Å². The summed E-state index contributed by atoms with van der Waals surface area (Å²) in [6, 6.07) is 11.8. The Morgan fingerprint density at radius 3 is 2.84 bits per heavy atom. The monoisotopic (exact) mass is 278 g/mol. The maximum Gasteiger partial charge on any atom is 0.141 e. The molecule has 2 aromatic rings. The van der Waals surface area contributed by atoms with Crippen LogP contribution in [0.1, 0.15) is 11.1 Å². The van der Waals surface area contributed by atoms with Crippen LogP contribution in [0.4, 0.5) is 4.39 Å². The number of nitrogens with zero attached hydrogens (tertiary/aromatic N) is 1. The molecule has 0 spiro atoms. The van der Waals surface area contributed by atoms with Crippen LogP contribution in [0, 0.1) is 5.82 Å². The standard InChI is InChI=1S/C14H12ClFN2O/c15-13-7-11(4-5-14(13)16)9-19-12-3-1-2-10(6-12)8-18-17/h1-8H,9,17H2. The molecule has 0 saturated carbocycles. The van der Waals surface area contributed by atoms with Gasteiger partial charge in [-0.2, -0.15) is 5.10 Å². The zero-order valence-electron chi connectivity index (χ0n) is 10.0. The van der Waals surface area contributed by atoms with Crippen LogP contribution in [0.5, 0.6) is 5.75 Å². The zero-order chi connectivity index (χ0) is 13.7. The SMILES string of the molecule is NN=Cc1cccc(OCc2ccc(F)c(Cl)c2)c1.